The Hall–Kier alpha value is -0.520. The van der Waals surface area contributed by atoms with Crippen molar-refractivity contribution in [3.63, 3.8) is 0 Å². The summed E-state index contributed by atoms with van der Waals surface area (Å²) < 4.78 is 0. The van der Waals surface area contributed by atoms with E-state index in [4.69, 9.17) is 23.2 Å². The molecule has 1 amide bonds. The van der Waals surface area contributed by atoms with Crippen molar-refractivity contribution in [3.05, 3.63) is 33.8 Å². The molecule has 1 heterocycles. The topological polar surface area (TPSA) is 61.4 Å². The van der Waals surface area contributed by atoms with Crippen LogP contribution in [-0.2, 0) is 4.79 Å². The number of hydrogen-bond donors (Lipinski definition) is 3. The number of halogens is 3. The first-order chi connectivity index (χ1) is 11.0. The Morgan fingerprint density at radius 3 is 2.75 bits per heavy atom. The first-order valence-electron chi connectivity index (χ1n) is 8.14. The maximum Gasteiger partial charge on any atom is 0.227 e. The zero-order valence-electron chi connectivity index (χ0n) is 13.4. The van der Waals surface area contributed by atoms with Crippen molar-refractivity contribution >= 4 is 41.5 Å². The highest BCUT2D eigenvalue weighted by atomic mass is 35.5. The Labute approximate surface area is 158 Å². The largest absolute Gasteiger partial charge is 0.387 e. The Morgan fingerprint density at radius 1 is 1.33 bits per heavy atom. The molecule has 1 aliphatic heterocycles. The molecule has 3 atom stereocenters. The minimum atomic E-state index is -0.817. The molecule has 1 aromatic rings. The van der Waals surface area contributed by atoms with Crippen LogP contribution in [0.3, 0.4) is 0 Å². The van der Waals surface area contributed by atoms with E-state index in [-0.39, 0.29) is 30.3 Å². The van der Waals surface area contributed by atoms with Crippen molar-refractivity contribution in [2.45, 2.75) is 31.8 Å². The molecule has 4 nitrogen and oxygen atoms in total. The average Bonchev–Trinajstić information content (AvgIpc) is 2.96. The van der Waals surface area contributed by atoms with E-state index in [2.05, 4.69) is 10.6 Å². The van der Waals surface area contributed by atoms with E-state index in [1.54, 1.807) is 18.2 Å². The Kier molecular flexibility index (Phi) is 6.80. The van der Waals surface area contributed by atoms with Gasteiger partial charge >= 0.3 is 0 Å². The van der Waals surface area contributed by atoms with Gasteiger partial charge in [-0.1, -0.05) is 36.0 Å². The summed E-state index contributed by atoms with van der Waals surface area (Å²) in [5, 5.41) is 17.6. The van der Waals surface area contributed by atoms with Crippen LogP contribution in [0.15, 0.2) is 18.2 Å². The van der Waals surface area contributed by atoms with Crippen LogP contribution < -0.4 is 10.6 Å². The highest BCUT2D eigenvalue weighted by Gasteiger charge is 2.49. The highest BCUT2D eigenvalue weighted by molar-refractivity contribution is 6.34. The maximum atomic E-state index is 12.8. The Morgan fingerprint density at radius 2 is 2.04 bits per heavy atom. The maximum absolute atomic E-state index is 12.8. The summed E-state index contributed by atoms with van der Waals surface area (Å²) in [6, 6.07) is 4.96. The van der Waals surface area contributed by atoms with E-state index in [0.29, 0.717) is 21.5 Å². The van der Waals surface area contributed by atoms with Gasteiger partial charge in [-0.3, -0.25) is 4.79 Å². The van der Waals surface area contributed by atoms with Crippen molar-refractivity contribution in [2.75, 3.05) is 19.6 Å². The zero-order chi connectivity index (χ0) is 16.4. The van der Waals surface area contributed by atoms with Crippen LogP contribution in [0, 0.1) is 11.3 Å². The van der Waals surface area contributed by atoms with Gasteiger partial charge in [0.1, 0.15) is 0 Å². The lowest BCUT2D eigenvalue weighted by molar-refractivity contribution is -0.134. The number of carbonyl (C=O) groups is 1. The van der Waals surface area contributed by atoms with E-state index >= 15 is 0 Å². The Bertz CT molecular complexity index is 579. The normalized spacial score (nSPS) is 27.0. The van der Waals surface area contributed by atoms with Crippen molar-refractivity contribution < 1.29 is 9.90 Å². The Balaban J connectivity index is 0.00000208. The number of aliphatic hydroxyl groups excluding tert-OH is 1. The third-order valence-corrected chi connectivity index (χ3v) is 5.65. The molecule has 1 saturated carbocycles. The third-order valence-electron chi connectivity index (χ3n) is 5.22. The van der Waals surface area contributed by atoms with Gasteiger partial charge in [-0.25, -0.2) is 0 Å². The molecular formula is C17H23Cl3N2O2. The fraction of sp³-hybridized carbons (Fsp3) is 0.588. The van der Waals surface area contributed by atoms with Gasteiger partial charge in [0, 0.05) is 23.1 Å². The van der Waals surface area contributed by atoms with Crippen LogP contribution in [0.2, 0.25) is 10.0 Å². The van der Waals surface area contributed by atoms with Crippen molar-refractivity contribution in [1.82, 2.24) is 10.6 Å². The van der Waals surface area contributed by atoms with Gasteiger partial charge in [0.15, 0.2) is 0 Å². The lowest BCUT2D eigenvalue weighted by Crippen LogP contribution is -2.48. The monoisotopic (exact) mass is 392 g/mol. The SMILES string of the molecule is Cl.O=C(NCC(O)c1cc(Cl)cc(Cl)c1)[C@@]12CCCC[C@H]1CNC2. The molecule has 7 heteroatoms. The van der Waals surface area contributed by atoms with E-state index in [1.165, 1.54) is 6.42 Å². The fourth-order valence-electron chi connectivity index (χ4n) is 3.94. The predicted octanol–water partition coefficient (Wildman–Crippen LogP) is 3.34. The minimum Gasteiger partial charge on any atom is -0.387 e. The third kappa shape index (κ3) is 4.00. The molecule has 2 aliphatic rings. The molecule has 24 heavy (non-hydrogen) atoms. The molecular weight excluding hydrogens is 371 g/mol. The number of carbonyl (C=O) groups excluding carboxylic acids is 1. The number of amides is 1. The lowest BCUT2D eigenvalue weighted by Gasteiger charge is -2.37. The summed E-state index contributed by atoms with van der Waals surface area (Å²) >= 11 is 11.9. The summed E-state index contributed by atoms with van der Waals surface area (Å²) in [7, 11) is 0. The zero-order valence-corrected chi connectivity index (χ0v) is 15.7. The summed E-state index contributed by atoms with van der Waals surface area (Å²) in [6.07, 6.45) is 3.51. The minimum absolute atomic E-state index is 0. The van der Waals surface area contributed by atoms with Crippen molar-refractivity contribution in [2.24, 2.45) is 11.3 Å². The number of fused-ring (bicyclic) bond motifs is 1. The quantitative estimate of drug-likeness (QED) is 0.735. The van der Waals surface area contributed by atoms with Gasteiger partial charge in [-0.05, 0) is 49.1 Å². The molecule has 2 fully saturated rings. The van der Waals surface area contributed by atoms with Crippen molar-refractivity contribution in [3.8, 4) is 0 Å². The second-order valence-electron chi connectivity index (χ2n) is 6.66. The summed E-state index contributed by atoms with van der Waals surface area (Å²) in [6.45, 7) is 1.83. The van der Waals surface area contributed by atoms with Crippen LogP contribution >= 0.6 is 35.6 Å². The molecule has 0 spiro atoms. The molecule has 3 N–H and O–H groups in total. The van der Waals surface area contributed by atoms with E-state index < -0.39 is 6.10 Å². The van der Waals surface area contributed by atoms with Gasteiger partial charge in [0.25, 0.3) is 0 Å². The first-order valence-corrected chi connectivity index (χ1v) is 8.90. The summed E-state index contributed by atoms with van der Waals surface area (Å²) in [5.41, 5.74) is 0.314. The second-order valence-corrected chi connectivity index (χ2v) is 7.53. The van der Waals surface area contributed by atoms with Gasteiger partial charge in [-0.2, -0.15) is 0 Å². The van der Waals surface area contributed by atoms with Crippen LogP contribution in [0.5, 0.6) is 0 Å². The molecule has 1 aromatic carbocycles. The molecule has 0 bridgehead atoms. The predicted molar refractivity (Wildman–Crippen MR) is 98.9 cm³/mol. The van der Waals surface area contributed by atoms with Crippen LogP contribution in [0.25, 0.3) is 0 Å². The molecule has 1 unspecified atom stereocenters. The number of rotatable bonds is 4. The first kappa shape index (κ1) is 19.8. The van der Waals surface area contributed by atoms with E-state index in [9.17, 15) is 9.90 Å². The fourth-order valence-corrected chi connectivity index (χ4v) is 4.48. The second kappa shape index (κ2) is 8.24. The smallest absolute Gasteiger partial charge is 0.227 e. The van der Waals surface area contributed by atoms with Crippen LogP contribution in [0.4, 0.5) is 0 Å². The molecule has 3 rings (SSSR count). The van der Waals surface area contributed by atoms with Crippen LogP contribution in [-0.4, -0.2) is 30.6 Å². The molecule has 0 radical (unpaired) electrons. The number of nitrogens with one attached hydrogen (secondary N) is 2. The van der Waals surface area contributed by atoms with Gasteiger partial charge in [0.05, 0.1) is 11.5 Å². The number of aliphatic hydroxyl groups is 1. The van der Waals surface area contributed by atoms with Crippen molar-refractivity contribution in [1.29, 1.82) is 0 Å². The van der Waals surface area contributed by atoms with Gasteiger partial charge in [-0.15, -0.1) is 12.4 Å². The summed E-state index contributed by atoms with van der Waals surface area (Å²) in [4.78, 5) is 12.8. The van der Waals surface area contributed by atoms with E-state index in [1.807, 2.05) is 0 Å². The molecule has 0 aromatic heterocycles. The highest BCUT2D eigenvalue weighted by Crippen LogP contribution is 2.43. The van der Waals surface area contributed by atoms with Gasteiger partial charge < -0.3 is 15.7 Å². The summed E-state index contributed by atoms with van der Waals surface area (Å²) in [5.74, 6) is 0.466. The van der Waals surface area contributed by atoms with E-state index in [0.717, 1.165) is 32.4 Å². The molecule has 1 aliphatic carbocycles. The molecule has 134 valence electrons. The standard InChI is InChI=1S/C17H22Cl2N2O2.ClH/c18-13-5-11(6-14(19)7-13)15(22)9-21-16(23)17-4-2-1-3-12(17)8-20-10-17;/h5-7,12,15,20,22H,1-4,8-10H2,(H,21,23);1H/t12-,15?,17+;/m0./s1. The number of benzene rings is 1. The average molecular weight is 394 g/mol. The van der Waals surface area contributed by atoms with Gasteiger partial charge in [0.2, 0.25) is 5.91 Å². The number of hydrogen-bond acceptors (Lipinski definition) is 3. The van der Waals surface area contributed by atoms with Crippen LogP contribution in [0.1, 0.15) is 37.4 Å². The lowest BCUT2D eigenvalue weighted by atomic mass is 9.67. The molecule has 1 saturated heterocycles.